The second-order valence-corrected chi connectivity index (χ2v) is 24.0. The molecule has 1 aromatic heterocycles. The van der Waals surface area contributed by atoms with Crippen molar-refractivity contribution in [1.29, 1.82) is 11.1 Å². The number of Topliss-reactive ketones (excluding diaryl/α,β-unsaturated/α-hetero) is 1. The minimum absolute atomic E-state index is 0. The van der Waals surface area contributed by atoms with Crippen LogP contribution in [0.15, 0.2) is 219 Å². The first kappa shape index (κ1) is 150. The number of aromatic nitrogens is 1. The molecule has 38 heteroatoms. The maximum Gasteiger partial charge on any atom is 1.00 e. The van der Waals surface area contributed by atoms with Gasteiger partial charge in [0.2, 0.25) is 5.78 Å². The van der Waals surface area contributed by atoms with E-state index in [0.717, 1.165) is 44.0 Å². The number of benzene rings is 6. The van der Waals surface area contributed by atoms with Gasteiger partial charge in [-0.05, 0) is 136 Å². The summed E-state index contributed by atoms with van der Waals surface area (Å²) in [5.41, 5.74) is 18.9. The van der Waals surface area contributed by atoms with Gasteiger partial charge in [0.15, 0.2) is 5.82 Å². The standard InChI is InChI=1S/C13H19N5O.C13H13NO2.C12H14O4.C11H12O4.C9H10O4.2C8H5NO2.C5H9Br.C5H11N.7CH4.2K.Li.H2N2.4H2O.H2/c1-17(2)9-14-8-12(19)11-6-5-7-13(16-11)15-10-18(3)4;1-2-3-6-9-14-12(15)10-7-4-5-8-11(10)13(14)16;1-4-7-16-11-6-5-9(14-2)8-10(11)12(13)15-3;1-3-6-15-10-5-4-8(14-2)7-9(10)11(12)13;1-12-6-3-4-8(10)7(5-6)9(11)13-2;2*10-7-5-3-1-2-4-6(5)8(11)9-7;2*1-2-3-4-5-6;;;;;;;;;;;1-2;;;;;/h5-7,9-10H,8H2,1-4H3;2,4-5,7-8H,1,3,6,9H2;4-6,8H,1,7H2,2-3H3;3-5,7H,1,6H2,2H3,(H,12,13);3-5,10H,1-2H3;2*1-4H,(H,9,10,11);2H,1,3-5H2;2H,1,3-6H2;7*1H4;;;;1-2H;4*1H2;1H/q;;;;;;;;;;;;;;;;3*+1;;;;;;/p-3. The molecular weight excluding hydrogens is 1780 g/mol. The molecule has 3 aliphatic rings. The van der Waals surface area contributed by atoms with Gasteiger partial charge < -0.3 is 95.7 Å². The number of pyridine rings is 1. The van der Waals surface area contributed by atoms with Crippen LogP contribution in [0.25, 0.3) is 5.32 Å². The largest absolute Gasteiger partial charge is 1.00 e. The number of esters is 2. The van der Waals surface area contributed by atoms with E-state index in [1.54, 1.807) is 168 Å². The number of methoxy groups -OCH3 is 5. The number of nitrogens with zero attached hydrogens (tertiary/aromatic N) is 7. The molecule has 0 aliphatic carbocycles. The number of carboxylic acid groups (broad SMARTS) is 1. The molecular formula is C91H135BrK2LiN11O23. The van der Waals surface area contributed by atoms with E-state index >= 15 is 0 Å². The van der Waals surface area contributed by atoms with Crippen LogP contribution in [-0.2, 0) is 9.47 Å². The Bertz CT molecular complexity index is 4310. The molecule has 0 saturated heterocycles. The van der Waals surface area contributed by atoms with Crippen LogP contribution in [0.5, 0.6) is 34.5 Å². The Morgan fingerprint density at radius 2 is 0.922 bits per heavy atom. The summed E-state index contributed by atoms with van der Waals surface area (Å²) in [6.45, 7) is 19.7. The Labute approximate surface area is 869 Å². The number of phenolic OH excluding ortho intramolecular Hbond substituents is 1. The van der Waals surface area contributed by atoms with E-state index in [1.807, 2.05) is 40.3 Å². The number of rotatable bonds is 28. The summed E-state index contributed by atoms with van der Waals surface area (Å²) in [7, 11) is 14.5. The van der Waals surface area contributed by atoms with Gasteiger partial charge in [0.05, 0.1) is 82.3 Å². The van der Waals surface area contributed by atoms with Gasteiger partial charge in [0.1, 0.15) is 76.6 Å². The zero-order valence-corrected chi connectivity index (χ0v) is 78.6. The Hall–Kier alpha value is -9.84. The third-order valence-corrected chi connectivity index (χ3v) is 14.9. The minimum atomic E-state index is -1.05. The number of nitrogens with one attached hydrogen (secondary N) is 3. The van der Waals surface area contributed by atoms with E-state index in [1.165, 1.54) is 65.1 Å². The maximum absolute atomic E-state index is 11.9. The monoisotopic (exact) mass is 1910 g/mol. The van der Waals surface area contributed by atoms with Crippen molar-refractivity contribution >= 4 is 93.6 Å². The zero-order valence-electron chi connectivity index (χ0n) is 70.7. The average molecular weight is 1920 g/mol. The number of carbonyl (C=O) groups excluding carboxylic acids is 9. The van der Waals surface area contributed by atoms with Crippen molar-refractivity contribution in [3.8, 4) is 34.5 Å². The SMILES string of the molecule is C.C.C.C.C.C.C.C=CCCCBr.C=CCCCN.C=CCCCN1C(=O)c2ccccc2C1=O.C=CCOc1ccc(OC)cc1C(=O)O.C=CCOc1ccc(OC)cc1C(=O)OC.CN(C)C=NCC(=O)c1cccc(N=CN(C)C)n1.COC(=O)c1cc(OC)ccc1O.N=N.O.O.O=C1NC(=O)c2ccccc21.O=C1[N-]C(=O)c2ccccc21.[HH].[K+].[K+].[Li+].[OH-].[OH-]. The Kier molecular flexibility index (Phi) is 104. The van der Waals surface area contributed by atoms with Gasteiger partial charge in [-0.15, -0.1) is 19.7 Å². The van der Waals surface area contributed by atoms with Crippen LogP contribution in [0.3, 0.4) is 0 Å². The molecule has 10 rings (SSSR count). The van der Waals surface area contributed by atoms with Crippen LogP contribution >= 0.6 is 15.9 Å². The van der Waals surface area contributed by atoms with Crippen LogP contribution in [0, 0.1) is 11.1 Å². The average Bonchev–Trinajstić information content (AvgIpc) is 1.64. The number of hydrogen-bond donors (Lipinski definition) is 6. The van der Waals surface area contributed by atoms with Crippen LogP contribution in [0.1, 0.15) is 196 Å². The third kappa shape index (κ3) is 56.4. The molecule has 6 aromatic carbocycles. The summed E-state index contributed by atoms with van der Waals surface area (Å²) >= 11 is 3.30. The van der Waals surface area contributed by atoms with Crippen molar-refractivity contribution in [3.05, 3.63) is 270 Å². The first-order chi connectivity index (χ1) is 55.2. The number of imide groups is 3. The van der Waals surface area contributed by atoms with Crippen molar-refractivity contribution in [2.24, 2.45) is 15.7 Å². The number of amides is 6. The van der Waals surface area contributed by atoms with Gasteiger partial charge in [0, 0.05) is 52.6 Å². The molecule has 3 aliphatic heterocycles. The molecule has 0 spiro atoms. The number of aromatic carboxylic acids is 1. The number of allylic oxidation sites excluding steroid dienone is 3. The summed E-state index contributed by atoms with van der Waals surface area (Å²) in [6.07, 6.45) is 18.1. The van der Waals surface area contributed by atoms with Crippen LogP contribution in [0.4, 0.5) is 5.82 Å². The number of fused-ring (bicyclic) bond motifs is 3. The number of halogens is 1. The summed E-state index contributed by atoms with van der Waals surface area (Å²) in [6, 6.07) is 39.4. The van der Waals surface area contributed by atoms with Crippen molar-refractivity contribution in [2.45, 2.75) is 90.5 Å². The molecule has 7 aromatic rings. The molecule has 0 bridgehead atoms. The summed E-state index contributed by atoms with van der Waals surface area (Å²) in [5.74, 6) is -1.31. The minimum Gasteiger partial charge on any atom is -0.870 e. The third-order valence-electron chi connectivity index (χ3n) is 14.4. The number of hydrogen-bond acceptors (Lipinski definition) is 26. The molecule has 34 nitrogen and oxygen atoms in total. The number of aromatic hydroxyl groups is 1. The quantitative estimate of drug-likeness (QED) is 0.00258. The molecule has 0 saturated carbocycles. The molecule has 0 fully saturated rings. The van der Waals surface area contributed by atoms with Crippen LogP contribution in [0.2, 0.25) is 0 Å². The molecule has 6 amide bonds. The summed E-state index contributed by atoms with van der Waals surface area (Å²) in [4.78, 5) is 130. The number of phenols is 1. The first-order valence-corrected chi connectivity index (χ1v) is 36.0. The van der Waals surface area contributed by atoms with Crippen molar-refractivity contribution in [1.82, 2.24) is 25.0 Å². The normalized spacial score (nSPS) is 9.87. The molecule has 13 N–H and O–H groups in total. The number of unbranched alkanes of at least 4 members (excludes halogenated alkanes) is 3. The van der Waals surface area contributed by atoms with Crippen LogP contribution < -0.4 is 156 Å². The van der Waals surface area contributed by atoms with Crippen LogP contribution in [-0.4, -0.2) is 226 Å². The van der Waals surface area contributed by atoms with Gasteiger partial charge in [-0.3, -0.25) is 39.2 Å². The van der Waals surface area contributed by atoms with E-state index < -0.39 is 29.7 Å². The zero-order chi connectivity index (χ0) is 86.2. The number of ether oxygens (including phenoxy) is 7. The van der Waals surface area contributed by atoms with E-state index in [2.05, 4.69) is 83.9 Å². The number of ketones is 1. The van der Waals surface area contributed by atoms with E-state index in [-0.39, 0.29) is 256 Å². The molecule has 129 heavy (non-hydrogen) atoms. The van der Waals surface area contributed by atoms with E-state index in [9.17, 15) is 53.1 Å². The predicted molar refractivity (Wildman–Crippen MR) is 505 cm³/mol. The van der Waals surface area contributed by atoms with E-state index in [4.69, 9.17) is 45.6 Å². The molecule has 0 unspecified atom stereocenters. The number of alkyl halides is 1. The fourth-order valence-corrected chi connectivity index (χ4v) is 9.20. The smallest absolute Gasteiger partial charge is 0.870 e. The molecule has 0 atom stereocenters. The fraction of sp³-hybridized carbons (Fsp3) is 0.308. The van der Waals surface area contributed by atoms with Crippen molar-refractivity contribution < 1.29 is 236 Å². The molecule has 702 valence electrons. The van der Waals surface area contributed by atoms with Gasteiger partial charge in [0.25, 0.3) is 23.6 Å². The van der Waals surface area contributed by atoms with Gasteiger partial charge in [-0.1, -0.05) is 166 Å². The second-order valence-electron chi connectivity index (χ2n) is 23.2. The Morgan fingerprint density at radius 1 is 0.543 bits per heavy atom. The van der Waals surface area contributed by atoms with Gasteiger partial charge in [-0.25, -0.2) is 35.4 Å². The fourth-order valence-electron chi connectivity index (χ4n) is 8.87. The van der Waals surface area contributed by atoms with E-state index in [0.29, 0.717) is 92.4 Å². The number of aliphatic imine (C=N–C) groups is 2. The summed E-state index contributed by atoms with van der Waals surface area (Å²) in [5, 5.41) is 24.8. The second kappa shape index (κ2) is 88.8. The maximum atomic E-state index is 11.9. The summed E-state index contributed by atoms with van der Waals surface area (Å²) < 4.78 is 34.5. The predicted octanol–water partition coefficient (Wildman–Crippen LogP) is 8.00. The van der Waals surface area contributed by atoms with Gasteiger partial charge in [-0.2, -0.15) is 0 Å². The van der Waals surface area contributed by atoms with Crippen molar-refractivity contribution in [3.63, 3.8) is 0 Å². The Balaban J connectivity index is -0.0000000878. The number of carbonyl (C=O) groups is 10. The Morgan fingerprint density at radius 3 is 1.29 bits per heavy atom. The molecule has 4 heterocycles. The number of carboxylic acids is 1. The molecule has 0 radical (unpaired) electrons. The topological polar surface area (TPSA) is 546 Å². The van der Waals surface area contributed by atoms with Crippen molar-refractivity contribution in [2.75, 3.05) is 102 Å². The first-order valence-electron chi connectivity index (χ1n) is 34.9. The number of nitrogens with two attached hydrogens (primary N) is 1. The van der Waals surface area contributed by atoms with Gasteiger partial charge >= 0.3 is 140 Å².